The van der Waals surface area contributed by atoms with Crippen molar-refractivity contribution < 1.29 is 13.9 Å². The summed E-state index contributed by atoms with van der Waals surface area (Å²) in [6, 6.07) is 4.20. The number of nitrogens with one attached hydrogen (secondary N) is 1. The van der Waals surface area contributed by atoms with Gasteiger partial charge in [-0.05, 0) is 57.8 Å². The highest BCUT2D eigenvalue weighted by atomic mass is 127. The molecule has 2 fully saturated rings. The molecule has 0 aromatic carbocycles. The van der Waals surface area contributed by atoms with Crippen molar-refractivity contribution in [2.45, 2.75) is 45.1 Å². The summed E-state index contributed by atoms with van der Waals surface area (Å²) in [6.45, 7) is 6.79. The van der Waals surface area contributed by atoms with E-state index in [4.69, 9.17) is 9.15 Å². The smallest absolute Gasteiger partial charge is 0.310 e. The summed E-state index contributed by atoms with van der Waals surface area (Å²) in [4.78, 5) is 21.3. The third kappa shape index (κ3) is 6.60. The van der Waals surface area contributed by atoms with Crippen molar-refractivity contribution in [3.8, 4) is 0 Å². The van der Waals surface area contributed by atoms with E-state index in [2.05, 4.69) is 26.2 Å². The molecule has 2 aliphatic heterocycles. The van der Waals surface area contributed by atoms with Crippen molar-refractivity contribution in [1.82, 2.24) is 15.1 Å². The molecule has 0 aliphatic carbocycles. The number of rotatable bonds is 6. The van der Waals surface area contributed by atoms with E-state index in [1.165, 1.54) is 19.3 Å². The summed E-state index contributed by atoms with van der Waals surface area (Å²) in [5.74, 6) is 1.68. The Balaban J connectivity index is 0.00000300. The first kappa shape index (κ1) is 24.0. The first-order valence-corrected chi connectivity index (χ1v) is 10.6. The second kappa shape index (κ2) is 12.4. The first-order valence-electron chi connectivity index (χ1n) is 10.6. The van der Waals surface area contributed by atoms with Gasteiger partial charge in [-0.25, -0.2) is 0 Å². The Morgan fingerprint density at radius 2 is 2.10 bits per heavy atom. The largest absolute Gasteiger partial charge is 0.468 e. The molecule has 3 heterocycles. The lowest BCUT2D eigenvalue weighted by molar-refractivity contribution is -0.149. The van der Waals surface area contributed by atoms with E-state index >= 15 is 0 Å². The lowest BCUT2D eigenvalue weighted by Crippen LogP contribution is -2.50. The number of carbonyl (C=O) groups is 1. The van der Waals surface area contributed by atoms with Crippen LogP contribution < -0.4 is 5.32 Å². The number of halogens is 1. The predicted molar refractivity (Wildman–Crippen MR) is 125 cm³/mol. The number of guanidine groups is 1. The Kier molecular flexibility index (Phi) is 10.3. The van der Waals surface area contributed by atoms with E-state index in [1.54, 1.807) is 13.3 Å². The summed E-state index contributed by atoms with van der Waals surface area (Å²) in [5, 5.41) is 3.54. The monoisotopic (exact) mass is 518 g/mol. The lowest BCUT2D eigenvalue weighted by atomic mass is 9.98. The van der Waals surface area contributed by atoms with Crippen LogP contribution in [0.2, 0.25) is 0 Å². The van der Waals surface area contributed by atoms with Gasteiger partial charge in [0.1, 0.15) is 5.76 Å². The van der Waals surface area contributed by atoms with Crippen LogP contribution in [0.4, 0.5) is 0 Å². The molecule has 2 saturated heterocycles. The molecule has 29 heavy (non-hydrogen) atoms. The van der Waals surface area contributed by atoms with Gasteiger partial charge in [0.15, 0.2) is 5.96 Å². The quantitative estimate of drug-likeness (QED) is 0.270. The van der Waals surface area contributed by atoms with Gasteiger partial charge in [0.2, 0.25) is 0 Å². The minimum absolute atomic E-state index is 0. The summed E-state index contributed by atoms with van der Waals surface area (Å²) in [6.07, 6.45) is 7.38. The number of carbonyl (C=O) groups excluding carboxylic acids is 1. The Bertz CT molecular complexity index is 632. The van der Waals surface area contributed by atoms with Gasteiger partial charge < -0.3 is 19.4 Å². The van der Waals surface area contributed by atoms with Gasteiger partial charge in [0.25, 0.3) is 0 Å². The molecule has 1 aromatic rings. The molecule has 3 rings (SSSR count). The fourth-order valence-corrected chi connectivity index (χ4v) is 4.26. The third-order valence-electron chi connectivity index (χ3n) is 5.71. The zero-order valence-corrected chi connectivity index (χ0v) is 20.0. The molecule has 0 spiro atoms. The lowest BCUT2D eigenvalue weighted by Gasteiger charge is -2.36. The first-order chi connectivity index (χ1) is 13.7. The molecule has 2 atom stereocenters. The van der Waals surface area contributed by atoms with Crippen LogP contribution in [-0.2, 0) is 9.53 Å². The van der Waals surface area contributed by atoms with Crippen LogP contribution in [0.3, 0.4) is 0 Å². The molecule has 164 valence electrons. The molecule has 8 heteroatoms. The molecule has 2 unspecified atom stereocenters. The number of ether oxygens (including phenoxy) is 1. The number of likely N-dealkylation sites (tertiary alicyclic amines) is 2. The SMILES string of the molecule is CCOC(=O)C1CCCN(C(=NC)NCC(c2ccco2)N2CCCCC2)C1.I. The van der Waals surface area contributed by atoms with Crippen LogP contribution in [0.1, 0.15) is 50.8 Å². The normalized spacial score (nSPS) is 21.9. The van der Waals surface area contributed by atoms with Crippen LogP contribution in [0, 0.1) is 5.92 Å². The predicted octanol–water partition coefficient (Wildman–Crippen LogP) is 3.28. The highest BCUT2D eigenvalue weighted by molar-refractivity contribution is 14.0. The number of aliphatic imine (C=N–C) groups is 1. The summed E-state index contributed by atoms with van der Waals surface area (Å²) >= 11 is 0. The van der Waals surface area contributed by atoms with Crippen LogP contribution >= 0.6 is 24.0 Å². The van der Waals surface area contributed by atoms with Crippen LogP contribution in [-0.4, -0.2) is 68.1 Å². The standard InChI is InChI=1S/C21H34N4O3.HI/c1-3-27-20(26)17-9-7-13-25(16-17)21(22-2)23-15-18(19-10-8-14-28-19)24-11-5-4-6-12-24;/h8,10,14,17-18H,3-7,9,11-13,15-16H2,1-2H3,(H,22,23);1H. The van der Waals surface area contributed by atoms with Crippen molar-refractivity contribution in [1.29, 1.82) is 0 Å². The van der Waals surface area contributed by atoms with Gasteiger partial charge in [-0.15, -0.1) is 24.0 Å². The maximum absolute atomic E-state index is 12.2. The molecular formula is C21H35IN4O3. The molecule has 1 aromatic heterocycles. The molecule has 7 nitrogen and oxygen atoms in total. The number of furan rings is 1. The van der Waals surface area contributed by atoms with E-state index in [0.29, 0.717) is 13.2 Å². The average molecular weight is 518 g/mol. The van der Waals surface area contributed by atoms with Gasteiger partial charge >= 0.3 is 5.97 Å². The van der Waals surface area contributed by atoms with E-state index < -0.39 is 0 Å². The fourth-order valence-electron chi connectivity index (χ4n) is 4.26. The summed E-state index contributed by atoms with van der Waals surface area (Å²) < 4.78 is 11.0. The van der Waals surface area contributed by atoms with Crippen molar-refractivity contribution >= 4 is 35.9 Å². The third-order valence-corrected chi connectivity index (χ3v) is 5.71. The van der Waals surface area contributed by atoms with Gasteiger partial charge in [-0.1, -0.05) is 6.42 Å². The van der Waals surface area contributed by atoms with Crippen molar-refractivity contribution in [2.24, 2.45) is 10.9 Å². The number of piperidine rings is 2. The van der Waals surface area contributed by atoms with Crippen molar-refractivity contribution in [3.63, 3.8) is 0 Å². The molecule has 0 amide bonds. The van der Waals surface area contributed by atoms with Gasteiger partial charge in [0.05, 0.1) is 24.8 Å². The van der Waals surface area contributed by atoms with E-state index in [0.717, 1.165) is 50.7 Å². The van der Waals surface area contributed by atoms with Crippen LogP contribution in [0.25, 0.3) is 0 Å². The van der Waals surface area contributed by atoms with Gasteiger partial charge in [-0.3, -0.25) is 14.7 Å². The topological polar surface area (TPSA) is 70.3 Å². The van der Waals surface area contributed by atoms with E-state index in [-0.39, 0.29) is 41.9 Å². The van der Waals surface area contributed by atoms with Gasteiger partial charge in [-0.2, -0.15) is 0 Å². The minimum Gasteiger partial charge on any atom is -0.468 e. The van der Waals surface area contributed by atoms with Crippen LogP contribution in [0.5, 0.6) is 0 Å². The van der Waals surface area contributed by atoms with Crippen molar-refractivity contribution in [3.05, 3.63) is 24.2 Å². The van der Waals surface area contributed by atoms with Gasteiger partial charge in [0, 0.05) is 26.7 Å². The number of esters is 1. The fraction of sp³-hybridized carbons (Fsp3) is 0.714. The number of hydrogen-bond donors (Lipinski definition) is 1. The molecule has 2 aliphatic rings. The second-order valence-corrected chi connectivity index (χ2v) is 7.59. The highest BCUT2D eigenvalue weighted by Gasteiger charge is 2.30. The number of hydrogen-bond acceptors (Lipinski definition) is 5. The highest BCUT2D eigenvalue weighted by Crippen LogP contribution is 2.25. The van der Waals surface area contributed by atoms with E-state index in [9.17, 15) is 4.79 Å². The number of nitrogens with zero attached hydrogens (tertiary/aromatic N) is 3. The summed E-state index contributed by atoms with van der Waals surface area (Å²) in [7, 11) is 1.80. The Hall–Kier alpha value is -1.29. The second-order valence-electron chi connectivity index (χ2n) is 7.59. The zero-order chi connectivity index (χ0) is 19.8. The average Bonchev–Trinajstić information content (AvgIpc) is 3.27. The van der Waals surface area contributed by atoms with E-state index in [1.807, 2.05) is 13.0 Å². The molecule has 0 bridgehead atoms. The Labute approximate surface area is 191 Å². The Morgan fingerprint density at radius 3 is 2.76 bits per heavy atom. The van der Waals surface area contributed by atoms with Crippen molar-refractivity contribution in [2.75, 3.05) is 46.4 Å². The molecule has 0 radical (unpaired) electrons. The zero-order valence-electron chi connectivity index (χ0n) is 17.6. The minimum atomic E-state index is -0.0931. The molecular weight excluding hydrogens is 483 g/mol. The summed E-state index contributed by atoms with van der Waals surface area (Å²) in [5.41, 5.74) is 0. The maximum atomic E-state index is 12.2. The maximum Gasteiger partial charge on any atom is 0.310 e. The molecule has 1 N–H and O–H groups in total. The Morgan fingerprint density at radius 1 is 1.31 bits per heavy atom. The molecule has 0 saturated carbocycles. The van der Waals surface area contributed by atoms with Crippen LogP contribution in [0.15, 0.2) is 27.8 Å².